The van der Waals surface area contributed by atoms with Gasteiger partial charge in [-0.3, -0.25) is 9.59 Å². The van der Waals surface area contributed by atoms with Crippen molar-refractivity contribution in [3.8, 4) is 5.75 Å². The monoisotopic (exact) mass is 460 g/mol. The predicted octanol–water partition coefficient (Wildman–Crippen LogP) is 6.01. The molecule has 6 nitrogen and oxygen atoms in total. The summed E-state index contributed by atoms with van der Waals surface area (Å²) in [6, 6.07) is 21.1. The maximum Gasteiger partial charge on any atom is 0.278 e. The van der Waals surface area contributed by atoms with Gasteiger partial charge >= 0.3 is 0 Å². The maximum atomic E-state index is 13.1. The molecular formula is C26H21ClN2O4. The zero-order chi connectivity index (χ0) is 23.4. The van der Waals surface area contributed by atoms with Crippen molar-refractivity contribution in [3.63, 3.8) is 0 Å². The Kier molecular flexibility index (Phi) is 6.56. The number of hydrogen-bond donors (Lipinski definition) is 1. The van der Waals surface area contributed by atoms with E-state index < -0.39 is 5.91 Å². The van der Waals surface area contributed by atoms with Gasteiger partial charge in [-0.2, -0.15) is 0 Å². The van der Waals surface area contributed by atoms with E-state index in [1.165, 1.54) is 6.07 Å². The Labute approximate surface area is 196 Å². The van der Waals surface area contributed by atoms with E-state index >= 15 is 0 Å². The normalized spacial score (nSPS) is 10.6. The highest BCUT2D eigenvalue weighted by molar-refractivity contribution is 6.31. The highest BCUT2D eigenvalue weighted by atomic mass is 35.5. The Hall–Kier alpha value is -3.90. The molecule has 1 amide bonds. The van der Waals surface area contributed by atoms with Gasteiger partial charge in [-0.15, -0.1) is 0 Å². The molecule has 166 valence electrons. The summed E-state index contributed by atoms with van der Waals surface area (Å²) in [6.07, 6.45) is 0. The summed E-state index contributed by atoms with van der Waals surface area (Å²) >= 11 is 6.13. The minimum absolute atomic E-state index is 0.0904. The second kappa shape index (κ2) is 9.71. The fraction of sp³-hybridized carbons (Fsp3) is 0.115. The van der Waals surface area contributed by atoms with Gasteiger partial charge in [0.15, 0.2) is 11.5 Å². The first-order valence-electron chi connectivity index (χ1n) is 10.3. The Morgan fingerprint density at radius 1 is 1.00 bits per heavy atom. The first-order chi connectivity index (χ1) is 15.9. The molecule has 0 aliphatic carbocycles. The van der Waals surface area contributed by atoms with Crippen LogP contribution < -0.4 is 10.1 Å². The van der Waals surface area contributed by atoms with Gasteiger partial charge < -0.3 is 14.6 Å². The molecule has 0 atom stereocenters. The van der Waals surface area contributed by atoms with Gasteiger partial charge in [-0.1, -0.05) is 64.8 Å². The molecule has 1 aromatic heterocycles. The van der Waals surface area contributed by atoms with Crippen molar-refractivity contribution in [2.75, 3.05) is 5.32 Å². The molecule has 7 heteroatoms. The molecule has 1 N–H and O–H groups in total. The molecule has 1 heterocycles. The molecule has 0 aliphatic rings. The first kappa shape index (κ1) is 22.3. The molecule has 0 spiro atoms. The largest absolute Gasteiger partial charge is 0.489 e. The summed E-state index contributed by atoms with van der Waals surface area (Å²) < 4.78 is 11.1. The van der Waals surface area contributed by atoms with Gasteiger partial charge in [0.05, 0.1) is 11.3 Å². The molecule has 3 aromatic carbocycles. The van der Waals surface area contributed by atoms with E-state index in [0.717, 1.165) is 5.56 Å². The average molecular weight is 461 g/mol. The minimum atomic E-state index is -0.515. The Morgan fingerprint density at radius 3 is 2.45 bits per heavy atom. The summed E-state index contributed by atoms with van der Waals surface area (Å²) in [4.78, 5) is 26.1. The molecule has 0 bridgehead atoms. The number of nitrogens with one attached hydrogen (secondary N) is 1. The molecule has 0 saturated heterocycles. The number of aromatic nitrogens is 1. The molecule has 4 rings (SSSR count). The highest BCUT2D eigenvalue weighted by Gasteiger charge is 2.23. The van der Waals surface area contributed by atoms with E-state index in [1.54, 1.807) is 43.3 Å². The van der Waals surface area contributed by atoms with Crippen LogP contribution in [-0.2, 0) is 6.61 Å². The summed E-state index contributed by atoms with van der Waals surface area (Å²) in [5.74, 6) is 0.372. The topological polar surface area (TPSA) is 81.4 Å². The van der Waals surface area contributed by atoms with Gasteiger partial charge in [0.1, 0.15) is 18.1 Å². The Balaban J connectivity index is 1.57. The third kappa shape index (κ3) is 5.13. The maximum absolute atomic E-state index is 13.1. The van der Waals surface area contributed by atoms with Crippen LogP contribution in [0.1, 0.15) is 43.3 Å². The van der Waals surface area contributed by atoms with Crippen LogP contribution in [0.3, 0.4) is 0 Å². The zero-order valence-electron chi connectivity index (χ0n) is 18.1. The lowest BCUT2D eigenvalue weighted by atomic mass is 10.0. The van der Waals surface area contributed by atoms with Crippen LogP contribution in [0.4, 0.5) is 5.69 Å². The lowest BCUT2D eigenvalue weighted by molar-refractivity contribution is 0.101. The number of halogens is 1. The van der Waals surface area contributed by atoms with Crippen molar-refractivity contribution in [3.05, 3.63) is 112 Å². The third-order valence-corrected chi connectivity index (χ3v) is 5.35. The van der Waals surface area contributed by atoms with Crippen molar-refractivity contribution in [1.29, 1.82) is 0 Å². The molecule has 0 aliphatic heterocycles. The van der Waals surface area contributed by atoms with Crippen molar-refractivity contribution in [2.24, 2.45) is 0 Å². The minimum Gasteiger partial charge on any atom is -0.489 e. The second-order valence-electron chi connectivity index (χ2n) is 7.51. The quantitative estimate of drug-likeness (QED) is 0.342. The van der Waals surface area contributed by atoms with Gasteiger partial charge in [-0.05, 0) is 44.2 Å². The highest BCUT2D eigenvalue weighted by Crippen LogP contribution is 2.25. The van der Waals surface area contributed by atoms with Gasteiger partial charge in [0.2, 0.25) is 0 Å². The number of ketones is 1. The van der Waals surface area contributed by atoms with Gasteiger partial charge in [-0.25, -0.2) is 0 Å². The van der Waals surface area contributed by atoms with Crippen LogP contribution in [0, 0.1) is 13.8 Å². The number of hydrogen-bond acceptors (Lipinski definition) is 5. The number of anilines is 1. The second-order valence-corrected chi connectivity index (χ2v) is 7.94. The average Bonchev–Trinajstić information content (AvgIpc) is 3.20. The number of benzene rings is 3. The summed E-state index contributed by atoms with van der Waals surface area (Å²) in [5.41, 5.74) is 2.82. The smallest absolute Gasteiger partial charge is 0.278 e. The van der Waals surface area contributed by atoms with Crippen molar-refractivity contribution in [2.45, 2.75) is 20.5 Å². The standard InChI is InChI=1S/C26H21ClN2O4/c1-16-8-11-20(12-9-16)32-15-22-17(2)33-29-24(22)26(31)28-23-13-10-19(27)14-21(23)25(30)18-6-4-3-5-7-18/h3-14H,15H2,1-2H3,(H,28,31). The molecule has 0 unspecified atom stereocenters. The number of carbonyl (C=O) groups is 2. The molecule has 4 aromatic rings. The van der Waals surface area contributed by atoms with E-state index in [4.69, 9.17) is 20.9 Å². The van der Waals surface area contributed by atoms with E-state index in [2.05, 4.69) is 10.5 Å². The van der Waals surface area contributed by atoms with Crippen LogP contribution >= 0.6 is 11.6 Å². The predicted molar refractivity (Wildman–Crippen MR) is 126 cm³/mol. The Morgan fingerprint density at radius 2 is 1.73 bits per heavy atom. The van der Waals surface area contributed by atoms with Crippen molar-refractivity contribution in [1.82, 2.24) is 5.16 Å². The number of ether oxygens (including phenoxy) is 1. The fourth-order valence-electron chi connectivity index (χ4n) is 3.27. The molecular weight excluding hydrogens is 440 g/mol. The van der Waals surface area contributed by atoms with E-state index in [0.29, 0.717) is 33.3 Å². The summed E-state index contributed by atoms with van der Waals surface area (Å²) in [7, 11) is 0. The molecule has 0 radical (unpaired) electrons. The third-order valence-electron chi connectivity index (χ3n) is 5.11. The van der Waals surface area contributed by atoms with Crippen LogP contribution in [0.15, 0.2) is 77.3 Å². The van der Waals surface area contributed by atoms with Crippen LogP contribution in [0.2, 0.25) is 5.02 Å². The zero-order valence-corrected chi connectivity index (χ0v) is 18.8. The molecule has 0 saturated carbocycles. The van der Waals surface area contributed by atoms with Crippen LogP contribution in [-0.4, -0.2) is 16.8 Å². The summed E-state index contributed by atoms with van der Waals surface area (Å²) in [5, 5.41) is 7.06. The lowest BCUT2D eigenvalue weighted by Gasteiger charge is -2.11. The number of aryl methyl sites for hydroxylation is 2. The number of amides is 1. The first-order valence-corrected chi connectivity index (χ1v) is 10.7. The fourth-order valence-corrected chi connectivity index (χ4v) is 3.44. The van der Waals surface area contributed by atoms with Crippen LogP contribution in [0.5, 0.6) is 5.75 Å². The lowest BCUT2D eigenvalue weighted by Crippen LogP contribution is -2.18. The van der Waals surface area contributed by atoms with Crippen molar-refractivity contribution < 1.29 is 18.8 Å². The van der Waals surface area contributed by atoms with E-state index in [1.807, 2.05) is 37.3 Å². The van der Waals surface area contributed by atoms with Gasteiger partial charge in [0.25, 0.3) is 5.91 Å². The van der Waals surface area contributed by atoms with Crippen molar-refractivity contribution >= 4 is 29.0 Å². The Bertz CT molecular complexity index is 1300. The van der Waals surface area contributed by atoms with Crippen LogP contribution in [0.25, 0.3) is 0 Å². The number of nitrogens with zero attached hydrogens (tertiary/aromatic N) is 1. The molecule has 33 heavy (non-hydrogen) atoms. The molecule has 0 fully saturated rings. The van der Waals surface area contributed by atoms with E-state index in [9.17, 15) is 9.59 Å². The number of rotatable bonds is 7. The van der Waals surface area contributed by atoms with Gasteiger partial charge in [0, 0.05) is 16.1 Å². The summed E-state index contributed by atoms with van der Waals surface area (Å²) in [6.45, 7) is 3.81. The SMILES string of the molecule is Cc1ccc(OCc2c(C(=O)Nc3ccc(Cl)cc3C(=O)c3ccccc3)noc2C)cc1. The number of carbonyl (C=O) groups excluding carboxylic acids is 2. The van der Waals surface area contributed by atoms with E-state index in [-0.39, 0.29) is 23.6 Å².